The average molecular weight is 174 g/mol. The van der Waals surface area contributed by atoms with E-state index in [1.54, 1.807) is 0 Å². The van der Waals surface area contributed by atoms with Crippen molar-refractivity contribution in [2.45, 2.75) is 18.1 Å². The van der Waals surface area contributed by atoms with Gasteiger partial charge in [-0.3, -0.25) is 0 Å². The molecule has 0 spiro atoms. The van der Waals surface area contributed by atoms with Crippen molar-refractivity contribution in [2.75, 3.05) is 5.75 Å². The van der Waals surface area contributed by atoms with E-state index < -0.39 is 24.0 Å². The molecule has 0 aromatic carbocycles. The molecular formula is C5H6F4S. The third kappa shape index (κ3) is 1.38. The van der Waals surface area contributed by atoms with Crippen molar-refractivity contribution in [2.24, 2.45) is 5.92 Å². The molecule has 5 heteroatoms. The smallest absolute Gasteiger partial charge is 0.246 e. The second-order valence-electron chi connectivity index (χ2n) is 2.11. The Morgan fingerprint density at radius 3 is 2.10 bits per heavy atom. The van der Waals surface area contributed by atoms with Crippen LogP contribution in [-0.4, -0.2) is 23.9 Å². The molecule has 0 aromatic heterocycles. The summed E-state index contributed by atoms with van der Waals surface area (Å²) in [6, 6.07) is 0. The largest absolute Gasteiger partial charge is 0.247 e. The topological polar surface area (TPSA) is 0 Å². The maximum absolute atomic E-state index is 12.3. The molecule has 0 bridgehead atoms. The van der Waals surface area contributed by atoms with E-state index >= 15 is 0 Å². The van der Waals surface area contributed by atoms with Crippen LogP contribution >= 0.6 is 11.8 Å². The first-order chi connectivity index (χ1) is 4.63. The highest BCUT2D eigenvalue weighted by Crippen LogP contribution is 2.38. The summed E-state index contributed by atoms with van der Waals surface area (Å²) < 4.78 is 48.2. The van der Waals surface area contributed by atoms with E-state index in [4.69, 9.17) is 0 Å². The van der Waals surface area contributed by atoms with Crippen LogP contribution in [0.4, 0.5) is 17.6 Å². The Labute approximate surface area is 60.0 Å². The number of hydrogen-bond donors (Lipinski definition) is 0. The maximum Gasteiger partial charge on any atom is 0.247 e. The Balaban J connectivity index is 2.54. The molecule has 1 heterocycles. The van der Waals surface area contributed by atoms with Gasteiger partial charge in [0.2, 0.25) is 6.43 Å². The number of hydrogen-bond acceptors (Lipinski definition) is 1. The van der Waals surface area contributed by atoms with Crippen molar-refractivity contribution >= 4 is 11.8 Å². The van der Waals surface area contributed by atoms with E-state index in [-0.39, 0.29) is 5.75 Å². The molecule has 3 unspecified atom stereocenters. The number of rotatable bonds is 1. The summed E-state index contributed by atoms with van der Waals surface area (Å²) in [5.41, 5.74) is -1.73. The molecule has 1 rings (SSSR count). The lowest BCUT2D eigenvalue weighted by Gasteiger charge is -2.11. The first kappa shape index (κ1) is 8.17. The minimum Gasteiger partial charge on any atom is -0.246 e. The van der Waals surface area contributed by atoms with Crippen LogP contribution in [0, 0.1) is 5.92 Å². The lowest BCUT2D eigenvalue weighted by molar-refractivity contribution is 0.0207. The van der Waals surface area contributed by atoms with Crippen molar-refractivity contribution in [3.8, 4) is 0 Å². The van der Waals surface area contributed by atoms with Gasteiger partial charge in [-0.1, -0.05) is 0 Å². The molecule has 0 aromatic rings. The van der Waals surface area contributed by atoms with Crippen LogP contribution < -0.4 is 0 Å². The van der Waals surface area contributed by atoms with Gasteiger partial charge in [0.1, 0.15) is 6.17 Å². The van der Waals surface area contributed by atoms with Gasteiger partial charge in [0.15, 0.2) is 5.50 Å². The lowest BCUT2D eigenvalue weighted by atomic mass is 10.1. The molecular weight excluding hydrogens is 168 g/mol. The molecule has 1 saturated heterocycles. The Morgan fingerprint density at radius 2 is 1.90 bits per heavy atom. The minimum absolute atomic E-state index is 0.143. The zero-order valence-corrected chi connectivity index (χ0v) is 5.75. The van der Waals surface area contributed by atoms with Gasteiger partial charge in [-0.05, 0) is 0 Å². The van der Waals surface area contributed by atoms with Gasteiger partial charge >= 0.3 is 0 Å². The van der Waals surface area contributed by atoms with Gasteiger partial charge < -0.3 is 0 Å². The molecule has 1 fully saturated rings. The Morgan fingerprint density at radius 1 is 1.30 bits per heavy atom. The molecule has 0 N–H and O–H groups in total. The summed E-state index contributed by atoms with van der Waals surface area (Å²) in [6.45, 7) is 0. The zero-order valence-electron chi connectivity index (χ0n) is 4.94. The SMILES string of the molecule is FC(F)C1C(F)CSC1F. The van der Waals surface area contributed by atoms with Crippen LogP contribution in [0.2, 0.25) is 0 Å². The number of alkyl halides is 4. The Bertz CT molecular complexity index is 108. The molecule has 3 atom stereocenters. The van der Waals surface area contributed by atoms with Gasteiger partial charge in [-0.2, -0.15) is 0 Å². The van der Waals surface area contributed by atoms with E-state index in [0.717, 1.165) is 0 Å². The second-order valence-corrected chi connectivity index (χ2v) is 3.23. The molecule has 1 aliphatic rings. The second kappa shape index (κ2) is 2.98. The number of thioether (sulfide) groups is 1. The van der Waals surface area contributed by atoms with Gasteiger partial charge in [0.05, 0.1) is 5.92 Å². The molecule has 0 radical (unpaired) electrons. The van der Waals surface area contributed by atoms with Gasteiger partial charge in [0, 0.05) is 5.75 Å². The van der Waals surface area contributed by atoms with E-state index in [2.05, 4.69) is 0 Å². The van der Waals surface area contributed by atoms with Crippen molar-refractivity contribution in [1.29, 1.82) is 0 Å². The van der Waals surface area contributed by atoms with E-state index in [1.807, 2.05) is 0 Å². The van der Waals surface area contributed by atoms with E-state index in [0.29, 0.717) is 11.8 Å². The highest BCUT2D eigenvalue weighted by molar-refractivity contribution is 8.00. The van der Waals surface area contributed by atoms with Crippen molar-refractivity contribution in [3.63, 3.8) is 0 Å². The average Bonchev–Trinajstić information content (AvgIpc) is 2.11. The Kier molecular flexibility index (Phi) is 2.44. The summed E-state index contributed by atoms with van der Waals surface area (Å²) in [5.74, 6) is -1.85. The van der Waals surface area contributed by atoms with Crippen LogP contribution in [0.5, 0.6) is 0 Å². The number of halogens is 4. The molecule has 60 valence electrons. The van der Waals surface area contributed by atoms with E-state index in [1.165, 1.54) is 0 Å². The quantitative estimate of drug-likeness (QED) is 0.549. The van der Waals surface area contributed by atoms with Gasteiger partial charge in [0.25, 0.3) is 0 Å². The van der Waals surface area contributed by atoms with Crippen LogP contribution in [0.25, 0.3) is 0 Å². The van der Waals surface area contributed by atoms with Gasteiger partial charge in [-0.15, -0.1) is 11.8 Å². The summed E-state index contributed by atoms with van der Waals surface area (Å²) in [4.78, 5) is 0. The Hall–Kier alpha value is 0.0700. The predicted octanol–water partition coefficient (Wildman–Crippen LogP) is 2.25. The molecule has 10 heavy (non-hydrogen) atoms. The monoisotopic (exact) mass is 174 g/mol. The molecule has 0 amide bonds. The molecule has 1 aliphatic heterocycles. The van der Waals surface area contributed by atoms with E-state index in [9.17, 15) is 17.6 Å². The standard InChI is InChI=1S/C5H6F4S/c6-2-1-10-5(9)3(2)4(7)8/h2-5H,1H2. The minimum atomic E-state index is -2.88. The highest BCUT2D eigenvalue weighted by Gasteiger charge is 2.43. The van der Waals surface area contributed by atoms with Crippen molar-refractivity contribution in [3.05, 3.63) is 0 Å². The fraction of sp³-hybridized carbons (Fsp3) is 1.00. The summed E-state index contributed by atoms with van der Waals surface area (Å²) in [5, 5.41) is 0. The first-order valence-corrected chi connectivity index (χ1v) is 3.85. The normalized spacial score (nSPS) is 41.1. The summed E-state index contributed by atoms with van der Waals surface area (Å²) >= 11 is 0.620. The van der Waals surface area contributed by atoms with Crippen LogP contribution in [-0.2, 0) is 0 Å². The molecule has 0 aliphatic carbocycles. The van der Waals surface area contributed by atoms with Crippen LogP contribution in [0.15, 0.2) is 0 Å². The third-order valence-corrected chi connectivity index (χ3v) is 2.57. The highest BCUT2D eigenvalue weighted by atomic mass is 32.2. The lowest BCUT2D eigenvalue weighted by Crippen LogP contribution is -2.24. The van der Waals surface area contributed by atoms with Crippen LogP contribution in [0.3, 0.4) is 0 Å². The predicted molar refractivity (Wildman–Crippen MR) is 31.7 cm³/mol. The maximum atomic E-state index is 12.3. The van der Waals surface area contributed by atoms with Crippen molar-refractivity contribution < 1.29 is 17.6 Å². The third-order valence-electron chi connectivity index (χ3n) is 1.43. The summed E-state index contributed by atoms with van der Waals surface area (Å²) in [7, 11) is 0. The zero-order chi connectivity index (χ0) is 7.72. The molecule has 0 saturated carbocycles. The fourth-order valence-electron chi connectivity index (χ4n) is 0.842. The van der Waals surface area contributed by atoms with Crippen molar-refractivity contribution in [1.82, 2.24) is 0 Å². The first-order valence-electron chi connectivity index (χ1n) is 2.81. The fourth-order valence-corrected chi connectivity index (χ4v) is 1.94. The molecule has 0 nitrogen and oxygen atoms in total. The van der Waals surface area contributed by atoms with Crippen LogP contribution in [0.1, 0.15) is 0 Å². The van der Waals surface area contributed by atoms with Gasteiger partial charge in [-0.25, -0.2) is 17.6 Å². The summed E-state index contributed by atoms with van der Waals surface area (Å²) in [6.07, 6.45) is -4.56.